The van der Waals surface area contributed by atoms with Gasteiger partial charge in [-0.25, -0.2) is 4.79 Å². The third-order valence-electron chi connectivity index (χ3n) is 14.2. The molecule has 0 spiro atoms. The lowest BCUT2D eigenvalue weighted by Gasteiger charge is -2.60. The zero-order valence-electron chi connectivity index (χ0n) is 41.0. The maximum Gasteiger partial charge on any atom is 0.410 e. The molecule has 0 bridgehead atoms. The van der Waals surface area contributed by atoms with Crippen LogP contribution in [0.1, 0.15) is 160 Å². The van der Waals surface area contributed by atoms with Crippen molar-refractivity contribution < 1.29 is 43.5 Å². The summed E-state index contributed by atoms with van der Waals surface area (Å²) in [5.41, 5.74) is 2.76. The van der Waals surface area contributed by atoms with Gasteiger partial charge in [0.25, 0.3) is 0 Å². The van der Waals surface area contributed by atoms with Crippen molar-refractivity contribution in [3.05, 3.63) is 72.3 Å². The molecular weight excluding hydrogens is 865 g/mol. The van der Waals surface area contributed by atoms with Gasteiger partial charge < -0.3 is 38.7 Å². The summed E-state index contributed by atoms with van der Waals surface area (Å²) in [7, 11) is 0. The van der Waals surface area contributed by atoms with Crippen molar-refractivity contribution in [1.29, 1.82) is 0 Å². The van der Waals surface area contributed by atoms with Gasteiger partial charge in [0.15, 0.2) is 0 Å². The van der Waals surface area contributed by atoms with Gasteiger partial charge in [0, 0.05) is 49.0 Å². The van der Waals surface area contributed by atoms with Gasteiger partial charge in [-0.1, -0.05) is 102 Å². The van der Waals surface area contributed by atoms with Gasteiger partial charge in [0.05, 0.1) is 31.5 Å². The number of nitrogens with zero attached hydrogens (tertiary/aromatic N) is 2. The molecule has 0 radical (unpaired) electrons. The molecule has 2 aliphatic carbocycles. The Morgan fingerprint density at radius 3 is 2.28 bits per heavy atom. The maximum atomic E-state index is 14.7. The van der Waals surface area contributed by atoms with Gasteiger partial charge in [0.2, 0.25) is 12.1 Å². The van der Waals surface area contributed by atoms with Gasteiger partial charge in [-0.05, 0) is 117 Å². The molecule has 1 amide bonds. The van der Waals surface area contributed by atoms with E-state index in [1.165, 1.54) is 44.9 Å². The lowest BCUT2D eigenvalue weighted by molar-refractivity contribution is -0.255. The SMILES string of the molecule is C=CCO[C@@]12Oc3ccc(Oc4ccc(SC)cc4)cc3[C@H]3[C@H](CCCCO)[C@@H](CCCCO)C=C(C(=NOC4CCCCO4)C[C@@H]1N(CCC)C(=O)OCCCCCCCCCCCC)[C@H]32. The largest absolute Gasteiger partial charge is 0.459 e. The summed E-state index contributed by atoms with van der Waals surface area (Å²) in [5, 5.41) is 25.0. The second-order valence-corrected chi connectivity index (χ2v) is 19.8. The first kappa shape index (κ1) is 52.8. The zero-order chi connectivity index (χ0) is 47.3. The topological polar surface area (TPSA) is 129 Å². The van der Waals surface area contributed by atoms with Gasteiger partial charge >= 0.3 is 6.09 Å². The number of allylic oxidation sites excluding steroid dienone is 1. The normalized spacial score (nSPS) is 24.8. The van der Waals surface area contributed by atoms with Gasteiger partial charge in [-0.15, -0.1) is 18.3 Å². The molecule has 2 heterocycles. The fourth-order valence-corrected chi connectivity index (χ4v) is 11.3. The van der Waals surface area contributed by atoms with Gasteiger partial charge in [-0.2, -0.15) is 0 Å². The molecule has 7 atom stereocenters. The number of benzene rings is 2. The summed E-state index contributed by atoms with van der Waals surface area (Å²) in [6, 6.07) is 13.6. The number of hydrogen-bond acceptors (Lipinski definition) is 11. The van der Waals surface area contributed by atoms with Crippen LogP contribution in [0.25, 0.3) is 0 Å². The monoisotopic (exact) mass is 947 g/mol. The Bertz CT molecular complexity index is 1850. The number of oxime groups is 1. The number of aliphatic hydroxyl groups excluding tert-OH is 2. The predicted octanol–water partition coefficient (Wildman–Crippen LogP) is 13.1. The van der Waals surface area contributed by atoms with Crippen LogP contribution >= 0.6 is 11.8 Å². The number of ether oxygens (including phenoxy) is 5. The number of hydrogen-bond donors (Lipinski definition) is 2. The van der Waals surface area contributed by atoms with Crippen LogP contribution in [0.2, 0.25) is 0 Å². The number of carbonyl (C=O) groups is 1. The van der Waals surface area contributed by atoms with Crippen molar-refractivity contribution in [3.63, 3.8) is 0 Å². The van der Waals surface area contributed by atoms with Crippen molar-refractivity contribution in [3.8, 4) is 17.2 Å². The lowest BCUT2D eigenvalue weighted by Crippen LogP contribution is -2.70. The fourth-order valence-electron chi connectivity index (χ4n) is 10.9. The highest BCUT2D eigenvalue weighted by Gasteiger charge is 2.65. The minimum absolute atomic E-state index is 0.0926. The van der Waals surface area contributed by atoms with E-state index in [4.69, 9.17) is 33.7 Å². The molecular formula is C55H82N2O9S. The van der Waals surface area contributed by atoms with Gasteiger partial charge in [-0.3, -0.25) is 4.90 Å². The fraction of sp³-hybridized carbons (Fsp3) is 0.673. The number of amides is 1. The average molecular weight is 947 g/mol. The maximum absolute atomic E-state index is 14.7. The van der Waals surface area contributed by atoms with E-state index >= 15 is 0 Å². The van der Waals surface area contributed by atoms with E-state index in [0.29, 0.717) is 56.9 Å². The molecule has 12 heteroatoms. The quantitative estimate of drug-likeness (QED) is 0.0338. The number of aliphatic hydroxyl groups is 2. The summed E-state index contributed by atoms with van der Waals surface area (Å²) in [6.45, 7) is 10.3. The van der Waals surface area contributed by atoms with Crippen molar-refractivity contribution in [1.82, 2.24) is 4.90 Å². The third kappa shape index (κ3) is 14.3. The number of fused-ring (bicyclic) bond motifs is 2. The summed E-state index contributed by atoms with van der Waals surface area (Å²) >= 11 is 1.69. The van der Waals surface area contributed by atoms with Crippen LogP contribution in [0.4, 0.5) is 4.79 Å². The van der Waals surface area contributed by atoms with E-state index in [1.54, 1.807) is 17.8 Å². The van der Waals surface area contributed by atoms with Crippen molar-refractivity contribution >= 4 is 23.6 Å². The Hall–Kier alpha value is -3.55. The van der Waals surface area contributed by atoms with Crippen LogP contribution in [-0.2, 0) is 19.0 Å². The van der Waals surface area contributed by atoms with Crippen molar-refractivity contribution in [2.75, 3.05) is 45.8 Å². The minimum Gasteiger partial charge on any atom is -0.459 e. The second kappa shape index (κ2) is 28.2. The highest BCUT2D eigenvalue weighted by Crippen LogP contribution is 2.62. The number of rotatable bonds is 30. The van der Waals surface area contributed by atoms with E-state index in [-0.39, 0.29) is 43.7 Å². The molecule has 67 heavy (non-hydrogen) atoms. The van der Waals surface area contributed by atoms with Crippen LogP contribution in [0.5, 0.6) is 17.2 Å². The Labute approximate surface area is 406 Å². The standard InChI is InChI=1S/C55H82N2O9S/c1-5-8-9-10-11-12-13-14-15-21-37-62-54(60)57(32-6-2)50-40-48(56-66-51-25-18-22-36-61-51)46-38-41(23-16-19-33-58)45(24-17-20-34-59)52-47-39-43(64-42-26-29-44(67-4)30-27-42)28-31-49(47)65-55(50,53(46)52)63-35-7-3/h7,26-31,38-39,41,45,50-53,58-59H,3,5-6,8-25,32-37,40H2,1-2,4H3/t41-,45+,50-,51?,52+,53+,55+/m0/s1. The van der Waals surface area contributed by atoms with Crippen LogP contribution in [0.15, 0.2) is 76.8 Å². The smallest absolute Gasteiger partial charge is 0.410 e. The molecule has 2 aromatic rings. The molecule has 1 saturated heterocycles. The van der Waals surface area contributed by atoms with E-state index in [9.17, 15) is 15.0 Å². The Morgan fingerprint density at radius 1 is 0.896 bits per heavy atom. The van der Waals surface area contributed by atoms with Crippen LogP contribution < -0.4 is 9.47 Å². The molecule has 1 saturated carbocycles. The molecule has 4 aliphatic rings. The van der Waals surface area contributed by atoms with Crippen molar-refractivity contribution in [2.45, 2.75) is 178 Å². The number of unbranched alkanes of at least 4 members (excludes halogenated alkanes) is 11. The molecule has 372 valence electrons. The van der Waals surface area contributed by atoms with E-state index < -0.39 is 24.0 Å². The lowest BCUT2D eigenvalue weighted by atomic mass is 9.55. The van der Waals surface area contributed by atoms with Gasteiger partial charge in [0.1, 0.15) is 23.3 Å². The molecule has 11 nitrogen and oxygen atoms in total. The first-order chi connectivity index (χ1) is 32.9. The highest BCUT2D eigenvalue weighted by molar-refractivity contribution is 7.98. The van der Waals surface area contributed by atoms with E-state index in [0.717, 1.165) is 91.7 Å². The Morgan fingerprint density at radius 2 is 1.61 bits per heavy atom. The summed E-state index contributed by atoms with van der Waals surface area (Å²) in [4.78, 5) is 24.0. The molecule has 1 unspecified atom stereocenters. The molecule has 2 fully saturated rings. The van der Waals surface area contributed by atoms with Crippen LogP contribution in [0.3, 0.4) is 0 Å². The number of thioether (sulfide) groups is 1. The second-order valence-electron chi connectivity index (χ2n) is 18.9. The molecule has 2 aliphatic heterocycles. The van der Waals surface area contributed by atoms with Crippen molar-refractivity contribution in [2.24, 2.45) is 22.9 Å². The number of carbonyl (C=O) groups excluding carboxylic acids is 1. The van der Waals surface area contributed by atoms with Crippen LogP contribution in [0, 0.1) is 17.8 Å². The molecule has 2 N–H and O–H groups in total. The predicted molar refractivity (Wildman–Crippen MR) is 268 cm³/mol. The summed E-state index contributed by atoms with van der Waals surface area (Å²) in [5.74, 6) is 0.377. The summed E-state index contributed by atoms with van der Waals surface area (Å²) < 4.78 is 33.4. The Balaban J connectivity index is 1.42. The minimum atomic E-state index is -1.36. The first-order valence-electron chi connectivity index (χ1n) is 26.0. The first-order valence-corrected chi connectivity index (χ1v) is 27.2. The molecule has 2 aromatic carbocycles. The Kier molecular flexibility index (Phi) is 22.2. The average Bonchev–Trinajstić information content (AvgIpc) is 3.35. The van der Waals surface area contributed by atoms with Crippen LogP contribution in [-0.4, -0.2) is 90.9 Å². The molecule has 0 aromatic heterocycles. The summed E-state index contributed by atoms with van der Waals surface area (Å²) in [6.07, 6.45) is 25.8. The zero-order valence-corrected chi connectivity index (χ0v) is 41.8. The van der Waals surface area contributed by atoms with E-state index in [1.807, 2.05) is 29.2 Å². The van der Waals surface area contributed by atoms with E-state index in [2.05, 4.69) is 51.0 Å². The molecule has 6 rings (SSSR count). The highest BCUT2D eigenvalue weighted by atomic mass is 32.2. The third-order valence-corrected chi connectivity index (χ3v) is 14.9.